The van der Waals surface area contributed by atoms with Crippen LogP contribution in [0.4, 0.5) is 0 Å². The summed E-state index contributed by atoms with van der Waals surface area (Å²) in [6.07, 6.45) is 1.59. The van der Waals surface area contributed by atoms with Crippen LogP contribution in [0, 0.1) is 0 Å². The lowest BCUT2D eigenvalue weighted by molar-refractivity contribution is -0.116. The van der Waals surface area contributed by atoms with E-state index in [0.717, 1.165) is 27.5 Å². The van der Waals surface area contributed by atoms with Crippen LogP contribution in [0.15, 0.2) is 72.8 Å². The van der Waals surface area contributed by atoms with Crippen LogP contribution in [-0.4, -0.2) is 18.1 Å². The number of phenols is 1. The van der Waals surface area contributed by atoms with E-state index in [9.17, 15) is 9.90 Å². The average Bonchev–Trinajstić information content (AvgIpc) is 2.60. The Morgan fingerprint density at radius 2 is 1.65 bits per heavy atom. The second-order valence-corrected chi connectivity index (χ2v) is 5.25. The summed E-state index contributed by atoms with van der Waals surface area (Å²) in [4.78, 5) is 11.9. The molecule has 0 radical (unpaired) electrons. The van der Waals surface area contributed by atoms with Gasteiger partial charge >= 0.3 is 0 Å². The normalized spacial score (nSPS) is 11.4. The molecule has 0 aliphatic rings. The molecule has 0 heterocycles. The van der Waals surface area contributed by atoms with Crippen LogP contribution < -0.4 is 5.32 Å². The van der Waals surface area contributed by atoms with Crippen molar-refractivity contribution in [3.8, 4) is 5.75 Å². The summed E-state index contributed by atoms with van der Waals surface area (Å²) in [6, 6.07) is 21.0. The summed E-state index contributed by atoms with van der Waals surface area (Å²) in [6.45, 7) is 0. The quantitative estimate of drug-likeness (QED) is 0.724. The highest BCUT2D eigenvalue weighted by Gasteiger charge is 2.10. The highest BCUT2D eigenvalue weighted by molar-refractivity contribution is 6.04. The van der Waals surface area contributed by atoms with E-state index >= 15 is 0 Å². The summed E-state index contributed by atoms with van der Waals surface area (Å²) < 4.78 is 0. The van der Waals surface area contributed by atoms with Crippen molar-refractivity contribution in [1.82, 2.24) is 5.32 Å². The lowest BCUT2D eigenvalue weighted by atomic mass is 9.93. The third kappa shape index (κ3) is 3.09. The Labute approximate surface area is 134 Å². The molecule has 3 nitrogen and oxygen atoms in total. The maximum absolute atomic E-state index is 11.9. The molecule has 0 saturated carbocycles. The number of carbonyl (C=O) groups excluding carboxylic acids is 1. The predicted molar refractivity (Wildman–Crippen MR) is 93.2 cm³/mol. The molecule has 0 unspecified atom stereocenters. The fourth-order valence-electron chi connectivity index (χ4n) is 2.62. The Bertz CT molecular complexity index is 874. The number of phenolic OH excluding ortho intramolecular Hbond substituents is 1. The minimum absolute atomic E-state index is 0.166. The molecular formula is C20H17NO2. The lowest BCUT2D eigenvalue weighted by Crippen LogP contribution is -2.15. The van der Waals surface area contributed by atoms with Crippen LogP contribution in [-0.2, 0) is 4.79 Å². The number of hydrogen-bond donors (Lipinski definition) is 2. The molecule has 3 aromatic rings. The Morgan fingerprint density at radius 1 is 0.957 bits per heavy atom. The zero-order valence-corrected chi connectivity index (χ0v) is 12.8. The molecule has 0 aliphatic heterocycles. The fraction of sp³-hybridized carbons (Fsp3) is 0.0500. The number of aromatic hydroxyl groups is 1. The molecular weight excluding hydrogens is 286 g/mol. The highest BCUT2D eigenvalue weighted by Crippen LogP contribution is 2.30. The summed E-state index contributed by atoms with van der Waals surface area (Å²) >= 11 is 0. The summed E-state index contributed by atoms with van der Waals surface area (Å²) in [5.41, 5.74) is 2.68. The Balaban J connectivity index is 2.24. The van der Waals surface area contributed by atoms with Gasteiger partial charge in [-0.2, -0.15) is 0 Å². The van der Waals surface area contributed by atoms with Crippen LogP contribution in [0.1, 0.15) is 11.1 Å². The molecule has 2 N–H and O–H groups in total. The molecule has 0 saturated heterocycles. The van der Waals surface area contributed by atoms with E-state index in [4.69, 9.17) is 0 Å². The Hall–Kier alpha value is -3.07. The summed E-state index contributed by atoms with van der Waals surface area (Å²) in [5.74, 6) is 0.0342. The monoisotopic (exact) mass is 303 g/mol. The van der Waals surface area contributed by atoms with Gasteiger partial charge in [-0.25, -0.2) is 0 Å². The van der Waals surface area contributed by atoms with Crippen molar-refractivity contribution in [2.45, 2.75) is 0 Å². The molecule has 3 rings (SSSR count). The first-order chi connectivity index (χ1) is 11.2. The number of hydrogen-bond acceptors (Lipinski definition) is 2. The highest BCUT2D eigenvalue weighted by atomic mass is 16.3. The first-order valence-electron chi connectivity index (χ1n) is 7.40. The molecule has 3 aromatic carbocycles. The molecule has 0 spiro atoms. The van der Waals surface area contributed by atoms with Gasteiger partial charge in [0.1, 0.15) is 5.75 Å². The molecule has 23 heavy (non-hydrogen) atoms. The van der Waals surface area contributed by atoms with Gasteiger partial charge in [-0.05, 0) is 39.6 Å². The van der Waals surface area contributed by atoms with E-state index < -0.39 is 0 Å². The van der Waals surface area contributed by atoms with Crippen molar-refractivity contribution in [1.29, 1.82) is 0 Å². The predicted octanol–water partition coefficient (Wildman–Crippen LogP) is 3.72. The number of amides is 1. The number of rotatable bonds is 3. The average molecular weight is 303 g/mol. The topological polar surface area (TPSA) is 49.3 Å². The van der Waals surface area contributed by atoms with E-state index in [0.29, 0.717) is 0 Å². The van der Waals surface area contributed by atoms with Gasteiger partial charge in [0.05, 0.1) is 0 Å². The van der Waals surface area contributed by atoms with E-state index in [2.05, 4.69) is 5.32 Å². The Kier molecular flexibility index (Phi) is 4.11. The van der Waals surface area contributed by atoms with Gasteiger partial charge in [0.2, 0.25) is 5.91 Å². The van der Waals surface area contributed by atoms with Crippen LogP contribution in [0.5, 0.6) is 5.75 Å². The van der Waals surface area contributed by atoms with Gasteiger partial charge in [-0.1, -0.05) is 54.6 Å². The van der Waals surface area contributed by atoms with E-state index in [1.165, 1.54) is 0 Å². The minimum atomic E-state index is -0.166. The minimum Gasteiger partial charge on any atom is -0.508 e. The third-order valence-electron chi connectivity index (χ3n) is 3.78. The number of fused-ring (bicyclic) bond motifs is 1. The van der Waals surface area contributed by atoms with Crippen LogP contribution in [0.2, 0.25) is 0 Å². The third-order valence-corrected chi connectivity index (χ3v) is 3.78. The SMILES string of the molecule is CNC(=O)/C=C(\c1ccc(O)cc1)c1cccc2ccccc12. The maximum atomic E-state index is 11.9. The number of carbonyl (C=O) groups is 1. The lowest BCUT2D eigenvalue weighted by Gasteiger charge is -2.12. The van der Waals surface area contributed by atoms with Gasteiger partial charge in [0.15, 0.2) is 0 Å². The van der Waals surface area contributed by atoms with Crippen molar-refractivity contribution in [2.75, 3.05) is 7.05 Å². The number of likely N-dealkylation sites (N-methyl/N-ethyl adjacent to an activating group) is 1. The molecule has 114 valence electrons. The van der Waals surface area contributed by atoms with Crippen molar-refractivity contribution in [2.24, 2.45) is 0 Å². The fourth-order valence-corrected chi connectivity index (χ4v) is 2.62. The first kappa shape index (κ1) is 14.9. The molecule has 0 fully saturated rings. The molecule has 0 bridgehead atoms. The Morgan fingerprint density at radius 3 is 2.39 bits per heavy atom. The maximum Gasteiger partial charge on any atom is 0.244 e. The van der Waals surface area contributed by atoms with E-state index in [1.807, 2.05) is 54.6 Å². The van der Waals surface area contributed by atoms with Crippen molar-refractivity contribution in [3.63, 3.8) is 0 Å². The largest absolute Gasteiger partial charge is 0.508 e. The van der Waals surface area contributed by atoms with Gasteiger partial charge in [0, 0.05) is 13.1 Å². The molecule has 3 heteroatoms. The zero-order chi connectivity index (χ0) is 16.2. The van der Waals surface area contributed by atoms with E-state index in [1.54, 1.807) is 25.3 Å². The summed E-state index contributed by atoms with van der Waals surface area (Å²) in [7, 11) is 1.61. The number of nitrogens with one attached hydrogen (secondary N) is 1. The van der Waals surface area contributed by atoms with Crippen molar-refractivity contribution >= 4 is 22.3 Å². The van der Waals surface area contributed by atoms with Gasteiger partial charge in [-0.15, -0.1) is 0 Å². The zero-order valence-electron chi connectivity index (χ0n) is 12.8. The molecule has 0 atom stereocenters. The van der Waals surface area contributed by atoms with Crippen molar-refractivity contribution in [3.05, 3.63) is 83.9 Å². The standard InChI is InChI=1S/C20H17NO2/c1-21-20(23)13-19(15-9-11-16(22)12-10-15)18-8-4-6-14-5-2-3-7-17(14)18/h2-13,22H,1H3,(H,21,23)/b19-13+. The van der Waals surface area contributed by atoms with E-state index in [-0.39, 0.29) is 11.7 Å². The first-order valence-corrected chi connectivity index (χ1v) is 7.40. The second-order valence-electron chi connectivity index (χ2n) is 5.25. The van der Waals surface area contributed by atoms with Crippen molar-refractivity contribution < 1.29 is 9.90 Å². The number of benzene rings is 3. The molecule has 0 aliphatic carbocycles. The summed E-state index contributed by atoms with van der Waals surface area (Å²) in [5, 5.41) is 14.3. The van der Waals surface area contributed by atoms with Gasteiger partial charge in [-0.3, -0.25) is 4.79 Å². The van der Waals surface area contributed by atoms with Crippen LogP contribution in [0.3, 0.4) is 0 Å². The molecule has 1 amide bonds. The smallest absolute Gasteiger partial charge is 0.244 e. The van der Waals surface area contributed by atoms with Gasteiger partial charge < -0.3 is 10.4 Å². The molecule has 0 aromatic heterocycles. The van der Waals surface area contributed by atoms with Gasteiger partial charge in [0.25, 0.3) is 0 Å². The second kappa shape index (κ2) is 6.36. The van der Waals surface area contributed by atoms with Crippen LogP contribution >= 0.6 is 0 Å². The van der Waals surface area contributed by atoms with Crippen LogP contribution in [0.25, 0.3) is 16.3 Å².